The number of methoxy groups -OCH3 is 2. The van der Waals surface area contributed by atoms with E-state index < -0.39 is 11.7 Å². The smallest absolute Gasteiger partial charge is 0.295 e. The number of carbonyl (C=O) groups excluding carboxylic acids is 2. The van der Waals surface area contributed by atoms with Crippen molar-refractivity contribution < 1.29 is 19.1 Å². The van der Waals surface area contributed by atoms with Crippen molar-refractivity contribution in [3.05, 3.63) is 60.8 Å². The van der Waals surface area contributed by atoms with E-state index in [1.807, 2.05) is 17.0 Å². The second-order valence-corrected chi connectivity index (χ2v) is 8.89. The van der Waals surface area contributed by atoms with Gasteiger partial charge in [0, 0.05) is 50.3 Å². The van der Waals surface area contributed by atoms with Gasteiger partial charge in [-0.2, -0.15) is 4.68 Å². The largest absolute Gasteiger partial charge is 0.494 e. The van der Waals surface area contributed by atoms with Gasteiger partial charge in [-0.3, -0.25) is 14.6 Å². The van der Waals surface area contributed by atoms with Gasteiger partial charge in [-0.25, -0.2) is 9.97 Å². The Morgan fingerprint density at radius 2 is 1.77 bits per heavy atom. The van der Waals surface area contributed by atoms with E-state index in [0.29, 0.717) is 71.6 Å². The van der Waals surface area contributed by atoms with Crippen LogP contribution < -0.4 is 14.4 Å². The lowest BCUT2D eigenvalue weighted by Crippen LogP contribution is -2.51. The Kier molecular flexibility index (Phi) is 6.48. The van der Waals surface area contributed by atoms with Gasteiger partial charge in [0.2, 0.25) is 0 Å². The molecular formula is C26H24N10O4. The zero-order chi connectivity index (χ0) is 27.6. The first-order chi connectivity index (χ1) is 19.6. The zero-order valence-corrected chi connectivity index (χ0v) is 21.7. The topological polar surface area (TPSA) is 157 Å². The number of ketones is 1. The first-order valence-electron chi connectivity index (χ1n) is 12.4. The number of fused-ring (bicyclic) bond motifs is 1. The summed E-state index contributed by atoms with van der Waals surface area (Å²) in [6, 6.07) is 7.23. The number of tetrazole rings is 1. The van der Waals surface area contributed by atoms with Crippen molar-refractivity contribution in [2.24, 2.45) is 0 Å². The number of ether oxygens (including phenoxy) is 2. The van der Waals surface area contributed by atoms with E-state index in [4.69, 9.17) is 9.47 Å². The number of aromatic amines is 1. The van der Waals surface area contributed by atoms with Gasteiger partial charge >= 0.3 is 0 Å². The molecule has 1 saturated heterocycles. The number of aromatic nitrogens is 8. The SMILES string of the molecule is COc1cnccc1-c1ncc(OC)c2c(C(=O)C(=O)N3CCN(c4nnnn4-c4ccccn4)CC3)c[nH]c12. The molecule has 14 nitrogen and oxygen atoms in total. The molecule has 14 heteroatoms. The Morgan fingerprint density at radius 3 is 2.52 bits per heavy atom. The van der Waals surface area contributed by atoms with Crippen LogP contribution in [-0.2, 0) is 4.79 Å². The van der Waals surface area contributed by atoms with Gasteiger partial charge < -0.3 is 24.3 Å². The number of pyridine rings is 3. The van der Waals surface area contributed by atoms with Gasteiger partial charge in [-0.15, -0.1) is 0 Å². The summed E-state index contributed by atoms with van der Waals surface area (Å²) >= 11 is 0. The fourth-order valence-electron chi connectivity index (χ4n) is 4.77. The molecule has 0 aromatic carbocycles. The molecule has 1 amide bonds. The number of anilines is 1. The van der Waals surface area contributed by atoms with Crippen molar-refractivity contribution in [1.29, 1.82) is 0 Å². The predicted molar refractivity (Wildman–Crippen MR) is 143 cm³/mol. The summed E-state index contributed by atoms with van der Waals surface area (Å²) in [5.74, 6) is 0.747. The quantitative estimate of drug-likeness (QED) is 0.236. The normalized spacial score (nSPS) is 13.4. The van der Waals surface area contributed by atoms with E-state index in [2.05, 4.69) is 35.5 Å². The van der Waals surface area contributed by atoms with Crippen LogP contribution in [0.1, 0.15) is 10.4 Å². The number of carbonyl (C=O) groups is 2. The third-order valence-electron chi connectivity index (χ3n) is 6.76. The lowest BCUT2D eigenvalue weighted by Gasteiger charge is -2.34. The van der Waals surface area contributed by atoms with E-state index in [0.717, 1.165) is 0 Å². The van der Waals surface area contributed by atoms with Gasteiger partial charge in [-0.1, -0.05) is 11.2 Å². The van der Waals surface area contributed by atoms with Crippen LogP contribution in [0, 0.1) is 0 Å². The molecular weight excluding hydrogens is 516 g/mol. The van der Waals surface area contributed by atoms with Gasteiger partial charge in [0.15, 0.2) is 5.82 Å². The molecule has 0 aliphatic carbocycles. The molecule has 6 rings (SSSR count). The fourth-order valence-corrected chi connectivity index (χ4v) is 4.77. The highest BCUT2D eigenvalue weighted by atomic mass is 16.5. The summed E-state index contributed by atoms with van der Waals surface area (Å²) in [7, 11) is 3.03. The first kappa shape index (κ1) is 24.9. The molecule has 6 heterocycles. The molecule has 202 valence electrons. The number of hydrogen-bond acceptors (Lipinski definition) is 11. The number of rotatable bonds is 7. The van der Waals surface area contributed by atoms with Crippen molar-refractivity contribution in [3.8, 4) is 28.6 Å². The third kappa shape index (κ3) is 4.24. The van der Waals surface area contributed by atoms with E-state index >= 15 is 0 Å². The Labute approximate surface area is 227 Å². The average molecular weight is 541 g/mol. The van der Waals surface area contributed by atoms with Crippen molar-refractivity contribution in [2.45, 2.75) is 0 Å². The fraction of sp³-hybridized carbons (Fsp3) is 0.231. The number of amides is 1. The standard InChI is InChI=1S/C26H24N10O4/c1-39-18-14-27-8-6-16(18)22-23-21(19(40-2)15-30-22)17(13-29-23)24(37)25(38)34-9-11-35(12-10-34)26-31-32-33-36(26)20-5-3-4-7-28-20/h3-8,13-15,29H,9-12H2,1-2H3. The molecule has 0 bridgehead atoms. The monoisotopic (exact) mass is 540 g/mol. The maximum Gasteiger partial charge on any atom is 0.295 e. The maximum absolute atomic E-state index is 13.5. The molecule has 0 saturated carbocycles. The molecule has 0 unspecified atom stereocenters. The minimum Gasteiger partial charge on any atom is -0.494 e. The Bertz CT molecular complexity index is 1690. The molecule has 1 N–H and O–H groups in total. The Balaban J connectivity index is 1.24. The Morgan fingerprint density at radius 1 is 0.950 bits per heavy atom. The minimum atomic E-state index is -0.643. The second-order valence-electron chi connectivity index (χ2n) is 8.89. The summed E-state index contributed by atoms with van der Waals surface area (Å²) < 4.78 is 12.5. The van der Waals surface area contributed by atoms with E-state index in [9.17, 15) is 9.59 Å². The van der Waals surface area contributed by atoms with Crippen LogP contribution in [0.2, 0.25) is 0 Å². The summed E-state index contributed by atoms with van der Waals surface area (Å²) in [6.07, 6.45) is 7.92. The summed E-state index contributed by atoms with van der Waals surface area (Å²) in [4.78, 5) is 46.4. The van der Waals surface area contributed by atoms with Crippen molar-refractivity contribution >= 4 is 28.5 Å². The van der Waals surface area contributed by atoms with Crippen LogP contribution in [0.15, 0.2) is 55.2 Å². The summed E-state index contributed by atoms with van der Waals surface area (Å²) in [5.41, 5.74) is 1.98. The average Bonchev–Trinajstić information content (AvgIpc) is 3.69. The zero-order valence-electron chi connectivity index (χ0n) is 21.7. The molecule has 0 spiro atoms. The number of nitrogens with zero attached hydrogens (tertiary/aromatic N) is 9. The molecule has 40 heavy (non-hydrogen) atoms. The highest BCUT2D eigenvalue weighted by Crippen LogP contribution is 2.37. The van der Waals surface area contributed by atoms with Crippen LogP contribution in [0.3, 0.4) is 0 Å². The minimum absolute atomic E-state index is 0.204. The predicted octanol–water partition coefficient (Wildman–Crippen LogP) is 1.54. The molecule has 5 aromatic heterocycles. The van der Waals surface area contributed by atoms with Crippen LogP contribution >= 0.6 is 0 Å². The van der Waals surface area contributed by atoms with Gasteiger partial charge in [0.25, 0.3) is 17.6 Å². The van der Waals surface area contributed by atoms with Gasteiger partial charge in [0.05, 0.1) is 48.8 Å². The highest BCUT2D eigenvalue weighted by molar-refractivity contribution is 6.45. The van der Waals surface area contributed by atoms with Crippen LogP contribution in [0.4, 0.5) is 5.95 Å². The lowest BCUT2D eigenvalue weighted by molar-refractivity contribution is -0.126. The molecule has 1 fully saturated rings. The number of nitrogens with one attached hydrogen (secondary N) is 1. The van der Waals surface area contributed by atoms with Crippen LogP contribution in [0.25, 0.3) is 28.0 Å². The number of piperazine rings is 1. The molecule has 1 aliphatic rings. The van der Waals surface area contributed by atoms with Crippen molar-refractivity contribution in [1.82, 2.24) is 45.0 Å². The maximum atomic E-state index is 13.5. The van der Waals surface area contributed by atoms with Crippen molar-refractivity contribution in [2.75, 3.05) is 45.3 Å². The first-order valence-corrected chi connectivity index (χ1v) is 12.4. The third-order valence-corrected chi connectivity index (χ3v) is 6.76. The second kappa shape index (κ2) is 10.4. The summed E-state index contributed by atoms with van der Waals surface area (Å²) in [5, 5.41) is 12.4. The van der Waals surface area contributed by atoms with Crippen LogP contribution in [0.5, 0.6) is 11.5 Å². The molecule has 1 aliphatic heterocycles. The Hall–Kier alpha value is -5.40. The number of hydrogen-bond donors (Lipinski definition) is 1. The van der Waals surface area contributed by atoms with Crippen molar-refractivity contribution in [3.63, 3.8) is 0 Å². The van der Waals surface area contributed by atoms with Gasteiger partial charge in [0.1, 0.15) is 11.5 Å². The lowest BCUT2D eigenvalue weighted by atomic mass is 10.0. The van der Waals surface area contributed by atoms with Gasteiger partial charge in [-0.05, 0) is 28.6 Å². The summed E-state index contributed by atoms with van der Waals surface area (Å²) in [6.45, 7) is 1.53. The van der Waals surface area contributed by atoms with E-state index in [1.165, 1.54) is 24.4 Å². The molecule has 5 aromatic rings. The molecule has 0 radical (unpaired) electrons. The number of H-pyrrole nitrogens is 1. The van der Waals surface area contributed by atoms with E-state index in [-0.39, 0.29) is 5.56 Å². The highest BCUT2D eigenvalue weighted by Gasteiger charge is 2.31. The van der Waals surface area contributed by atoms with E-state index in [1.54, 1.807) is 42.5 Å². The molecule has 0 atom stereocenters. The number of Topliss-reactive ketones (excluding diaryl/α,β-unsaturated/α-hetero) is 1. The van der Waals surface area contributed by atoms with Crippen LogP contribution in [-0.4, -0.2) is 97.1 Å².